The highest BCUT2D eigenvalue weighted by Gasteiger charge is 2.50. The largest absolute Gasteiger partial charge is 0.534 e. The number of carbonyl (C=O) groups excluding carboxylic acids is 1. The number of fused-ring (bicyclic) bond motifs is 3. The predicted molar refractivity (Wildman–Crippen MR) is 79.3 cm³/mol. The number of rotatable bonds is 2. The molecule has 2 aliphatic rings. The van der Waals surface area contributed by atoms with Crippen LogP contribution in [0.4, 0.5) is 26.3 Å². The minimum absolute atomic E-state index is 0.0701. The smallest absolute Gasteiger partial charge is 0.376 e. The molecule has 0 radical (unpaired) electrons. The van der Waals surface area contributed by atoms with E-state index in [2.05, 4.69) is 4.18 Å². The number of alkyl halides is 6. The van der Waals surface area contributed by atoms with Crippen LogP contribution in [0.1, 0.15) is 29.9 Å². The highest BCUT2D eigenvalue weighted by Crippen LogP contribution is 2.44. The first-order valence-corrected chi connectivity index (χ1v) is 9.23. The minimum atomic E-state index is -5.85. The average molecular weight is 417 g/mol. The maximum Gasteiger partial charge on any atom is 0.534 e. The van der Waals surface area contributed by atoms with Gasteiger partial charge in [-0.25, -0.2) is 0 Å². The number of amides is 1. The van der Waals surface area contributed by atoms with E-state index in [1.807, 2.05) is 0 Å². The Hall–Kier alpha value is -1.98. The van der Waals surface area contributed by atoms with Crippen LogP contribution in [0.15, 0.2) is 18.2 Å². The first-order valence-electron chi connectivity index (χ1n) is 7.82. The summed E-state index contributed by atoms with van der Waals surface area (Å²) in [5.74, 6) is -3.07. The Morgan fingerprint density at radius 1 is 1.15 bits per heavy atom. The zero-order chi connectivity index (χ0) is 20.2. The molecule has 1 aromatic carbocycles. The van der Waals surface area contributed by atoms with Gasteiger partial charge in [0.25, 0.3) is 0 Å². The van der Waals surface area contributed by atoms with Gasteiger partial charge in [-0.05, 0) is 42.5 Å². The molecular weight excluding hydrogens is 404 g/mol. The molecule has 1 saturated heterocycles. The predicted octanol–water partition coefficient (Wildman–Crippen LogP) is 3.11. The van der Waals surface area contributed by atoms with Gasteiger partial charge in [-0.3, -0.25) is 4.79 Å². The van der Waals surface area contributed by atoms with Crippen molar-refractivity contribution in [2.24, 2.45) is 0 Å². The van der Waals surface area contributed by atoms with Gasteiger partial charge < -0.3 is 9.08 Å². The fourth-order valence-electron chi connectivity index (χ4n) is 3.64. The topological polar surface area (TPSA) is 63.7 Å². The third kappa shape index (κ3) is 3.58. The van der Waals surface area contributed by atoms with Crippen LogP contribution < -0.4 is 4.18 Å². The van der Waals surface area contributed by atoms with E-state index in [0.717, 1.165) is 17.0 Å². The van der Waals surface area contributed by atoms with Gasteiger partial charge in [0.2, 0.25) is 0 Å². The molecule has 1 heterocycles. The van der Waals surface area contributed by atoms with Crippen molar-refractivity contribution >= 4 is 16.0 Å². The average Bonchev–Trinajstić information content (AvgIpc) is 2.90. The Kier molecular flexibility index (Phi) is 4.60. The maximum atomic E-state index is 12.8. The van der Waals surface area contributed by atoms with Crippen LogP contribution >= 0.6 is 0 Å². The summed E-state index contributed by atoms with van der Waals surface area (Å²) in [6.45, 7) is -0.0701. The Morgan fingerprint density at radius 2 is 1.81 bits per heavy atom. The second-order valence-corrected chi connectivity index (χ2v) is 7.90. The quantitative estimate of drug-likeness (QED) is 0.422. The van der Waals surface area contributed by atoms with Crippen molar-refractivity contribution in [1.82, 2.24) is 4.90 Å². The number of piperidine rings is 1. The Bertz CT molecular complexity index is 864. The summed E-state index contributed by atoms with van der Waals surface area (Å²) < 4.78 is 102. The molecule has 0 N–H and O–H groups in total. The van der Waals surface area contributed by atoms with Crippen molar-refractivity contribution < 1.29 is 43.7 Å². The van der Waals surface area contributed by atoms with E-state index in [1.165, 1.54) is 6.07 Å². The van der Waals surface area contributed by atoms with E-state index in [9.17, 15) is 39.6 Å². The standard InChI is InChI=1S/C15H13F6NO4S/c16-14(17,18)13(23)22-5-1-2-10-11-7-9(4-3-8(11)6-12(10)22)26-27(24,25)15(19,20)21/h3-4,7,10,12H,1-2,5-6H2/t10-,12?/m1/s1. The second-order valence-electron chi connectivity index (χ2n) is 6.36. The van der Waals surface area contributed by atoms with Crippen molar-refractivity contribution in [3.05, 3.63) is 29.3 Å². The molecule has 150 valence electrons. The van der Waals surface area contributed by atoms with Crippen LogP contribution in [0.2, 0.25) is 0 Å². The first kappa shape index (κ1) is 19.8. The molecule has 0 spiro atoms. The maximum absolute atomic E-state index is 12.8. The van der Waals surface area contributed by atoms with E-state index < -0.39 is 45.4 Å². The van der Waals surface area contributed by atoms with Crippen LogP contribution in [0.5, 0.6) is 5.75 Å². The van der Waals surface area contributed by atoms with Crippen LogP contribution in [0.3, 0.4) is 0 Å². The normalized spacial score (nSPS) is 23.0. The Morgan fingerprint density at radius 3 is 2.41 bits per heavy atom. The molecule has 5 nitrogen and oxygen atoms in total. The van der Waals surface area contributed by atoms with E-state index in [-0.39, 0.29) is 19.4 Å². The Labute approximate surface area is 150 Å². The van der Waals surface area contributed by atoms with E-state index in [0.29, 0.717) is 17.5 Å². The number of hydrogen-bond acceptors (Lipinski definition) is 4. The van der Waals surface area contributed by atoms with E-state index in [4.69, 9.17) is 0 Å². The summed E-state index contributed by atoms with van der Waals surface area (Å²) in [5.41, 5.74) is -4.66. The fraction of sp³-hybridized carbons (Fsp3) is 0.533. The van der Waals surface area contributed by atoms with Gasteiger partial charge in [-0.1, -0.05) is 6.07 Å². The van der Waals surface area contributed by atoms with Gasteiger partial charge in [0.1, 0.15) is 5.75 Å². The summed E-state index contributed by atoms with van der Waals surface area (Å²) in [5, 5.41) is 0. The molecule has 1 aliphatic carbocycles. The summed E-state index contributed by atoms with van der Waals surface area (Å²) in [7, 11) is -5.85. The van der Waals surface area contributed by atoms with Crippen LogP contribution in [0.25, 0.3) is 0 Å². The first-order chi connectivity index (χ1) is 12.3. The summed E-state index contributed by atoms with van der Waals surface area (Å²) in [6, 6.07) is 2.63. The summed E-state index contributed by atoms with van der Waals surface area (Å²) in [4.78, 5) is 12.4. The van der Waals surface area contributed by atoms with Gasteiger partial charge in [0.05, 0.1) is 0 Å². The lowest BCUT2D eigenvalue weighted by atomic mass is 9.88. The third-order valence-electron chi connectivity index (χ3n) is 4.72. The molecule has 3 rings (SSSR count). The molecular formula is C15H13F6NO4S. The van der Waals surface area contributed by atoms with Crippen molar-refractivity contribution in [3.8, 4) is 5.75 Å². The van der Waals surface area contributed by atoms with Crippen LogP contribution in [-0.2, 0) is 21.3 Å². The van der Waals surface area contributed by atoms with Gasteiger partial charge in [0, 0.05) is 18.5 Å². The lowest BCUT2D eigenvalue weighted by Crippen LogP contribution is -2.51. The zero-order valence-electron chi connectivity index (χ0n) is 13.5. The lowest BCUT2D eigenvalue weighted by Gasteiger charge is -2.38. The number of carbonyl (C=O) groups is 1. The molecule has 1 aliphatic heterocycles. The number of likely N-dealkylation sites (tertiary alicyclic amines) is 1. The molecule has 0 aromatic heterocycles. The molecule has 1 aromatic rings. The van der Waals surface area contributed by atoms with Gasteiger partial charge in [0.15, 0.2) is 0 Å². The highest BCUT2D eigenvalue weighted by atomic mass is 32.2. The number of halogens is 6. The third-order valence-corrected chi connectivity index (χ3v) is 5.70. The number of hydrogen-bond donors (Lipinski definition) is 0. The molecule has 0 saturated carbocycles. The van der Waals surface area contributed by atoms with Crippen LogP contribution in [-0.4, -0.2) is 43.5 Å². The Balaban J connectivity index is 1.88. The second kappa shape index (κ2) is 6.28. The van der Waals surface area contributed by atoms with Crippen LogP contribution in [0, 0.1) is 0 Å². The molecule has 0 bridgehead atoms. The summed E-state index contributed by atoms with van der Waals surface area (Å²) >= 11 is 0. The van der Waals surface area contributed by atoms with Crippen molar-refractivity contribution in [1.29, 1.82) is 0 Å². The molecule has 1 amide bonds. The number of benzene rings is 1. The minimum Gasteiger partial charge on any atom is -0.376 e. The monoisotopic (exact) mass is 417 g/mol. The van der Waals surface area contributed by atoms with Gasteiger partial charge in [-0.2, -0.15) is 34.8 Å². The van der Waals surface area contributed by atoms with E-state index >= 15 is 0 Å². The van der Waals surface area contributed by atoms with Gasteiger partial charge >= 0.3 is 27.7 Å². The highest BCUT2D eigenvalue weighted by molar-refractivity contribution is 7.88. The van der Waals surface area contributed by atoms with Gasteiger partial charge in [-0.15, -0.1) is 0 Å². The molecule has 1 fully saturated rings. The lowest BCUT2D eigenvalue weighted by molar-refractivity contribution is -0.189. The zero-order valence-corrected chi connectivity index (χ0v) is 14.3. The van der Waals surface area contributed by atoms with Crippen molar-refractivity contribution in [2.75, 3.05) is 6.54 Å². The van der Waals surface area contributed by atoms with Crippen molar-refractivity contribution in [2.45, 2.75) is 42.9 Å². The molecule has 2 atom stereocenters. The molecule has 12 heteroatoms. The molecule has 27 heavy (non-hydrogen) atoms. The number of nitrogens with zero attached hydrogens (tertiary/aromatic N) is 1. The van der Waals surface area contributed by atoms with E-state index in [1.54, 1.807) is 0 Å². The fourth-order valence-corrected chi connectivity index (χ4v) is 4.09. The molecule has 1 unspecified atom stereocenters. The summed E-state index contributed by atoms with van der Waals surface area (Å²) in [6.07, 6.45) is -4.21. The van der Waals surface area contributed by atoms with Crippen molar-refractivity contribution in [3.63, 3.8) is 0 Å². The SMILES string of the molecule is O=C(N1CCC[C@@H]2c3cc(OS(=O)(=O)C(F)(F)F)ccc3CC21)C(F)(F)F.